The highest BCUT2D eigenvalue weighted by molar-refractivity contribution is 6.14. The number of halogens is 2. The Morgan fingerprint density at radius 3 is 3.08 bits per heavy atom. The maximum Gasteiger partial charge on any atom is 0.128 e. The van der Waals surface area contributed by atoms with Crippen molar-refractivity contribution < 1.29 is 4.39 Å². The van der Waals surface area contributed by atoms with E-state index in [-0.39, 0.29) is 5.82 Å². The summed E-state index contributed by atoms with van der Waals surface area (Å²) in [5, 5.41) is 0. The van der Waals surface area contributed by atoms with Crippen LogP contribution < -0.4 is 0 Å². The molecule has 1 aliphatic heterocycles. The van der Waals surface area contributed by atoms with Crippen LogP contribution >= 0.6 is 11.8 Å². The summed E-state index contributed by atoms with van der Waals surface area (Å²) in [6.07, 6.45) is 3.53. The van der Waals surface area contributed by atoms with Crippen LogP contribution in [-0.2, 0) is 6.54 Å². The Kier molecular flexibility index (Phi) is 1.77. The lowest BCUT2D eigenvalue weighted by atomic mass is 10.1. The van der Waals surface area contributed by atoms with Gasteiger partial charge in [0.25, 0.3) is 0 Å². The topological polar surface area (TPSA) is 3.24 Å². The lowest BCUT2D eigenvalue weighted by molar-refractivity contribution is 0.542. The molecule has 0 aliphatic carbocycles. The Hall–Kier alpha value is -1.02. The fourth-order valence-corrected chi connectivity index (χ4v) is 1.44. The minimum atomic E-state index is -0.192. The van der Waals surface area contributed by atoms with Crippen LogP contribution in [0.3, 0.4) is 0 Å². The lowest BCUT2D eigenvalue weighted by Crippen LogP contribution is -2.10. The number of fused-ring (bicyclic) bond motifs is 1. The highest BCUT2D eigenvalue weighted by atomic mass is 35.5. The average molecular weight is 184 g/mol. The van der Waals surface area contributed by atoms with Gasteiger partial charge in [0.2, 0.25) is 0 Å². The van der Waals surface area contributed by atoms with Gasteiger partial charge in [-0.3, -0.25) is 4.42 Å². The van der Waals surface area contributed by atoms with Crippen LogP contribution in [-0.4, -0.2) is 4.42 Å². The number of rotatable bonds is 0. The first-order chi connectivity index (χ1) is 5.77. The Morgan fingerprint density at radius 2 is 2.25 bits per heavy atom. The first kappa shape index (κ1) is 7.62. The van der Waals surface area contributed by atoms with Gasteiger partial charge >= 0.3 is 0 Å². The van der Waals surface area contributed by atoms with Gasteiger partial charge in [0.1, 0.15) is 5.82 Å². The van der Waals surface area contributed by atoms with Crippen molar-refractivity contribution in [2.75, 3.05) is 0 Å². The van der Waals surface area contributed by atoms with E-state index >= 15 is 0 Å². The summed E-state index contributed by atoms with van der Waals surface area (Å²) in [5.41, 5.74) is 1.57. The fourth-order valence-electron chi connectivity index (χ4n) is 1.26. The molecular weight excluding hydrogens is 177 g/mol. The molecule has 0 fully saturated rings. The van der Waals surface area contributed by atoms with Gasteiger partial charge in [-0.15, -0.1) is 0 Å². The largest absolute Gasteiger partial charge is 0.288 e. The van der Waals surface area contributed by atoms with Gasteiger partial charge in [0.15, 0.2) is 0 Å². The molecule has 1 aromatic rings. The molecule has 1 nitrogen and oxygen atoms in total. The molecule has 0 aromatic heterocycles. The predicted octanol–water partition coefficient (Wildman–Crippen LogP) is 2.77. The zero-order valence-electron chi connectivity index (χ0n) is 6.30. The van der Waals surface area contributed by atoms with Crippen LogP contribution in [0.1, 0.15) is 11.1 Å². The quantitative estimate of drug-likeness (QED) is 0.559. The van der Waals surface area contributed by atoms with Gasteiger partial charge in [-0.25, -0.2) is 4.39 Å². The SMILES string of the molecule is Fc1cccc2c1CN(Cl)C=C2. The fraction of sp³-hybridized carbons (Fsp3) is 0.111. The zero-order chi connectivity index (χ0) is 8.55. The highest BCUT2D eigenvalue weighted by Crippen LogP contribution is 2.22. The first-order valence-electron chi connectivity index (χ1n) is 3.65. The lowest BCUT2D eigenvalue weighted by Gasteiger charge is -2.18. The van der Waals surface area contributed by atoms with E-state index in [0.717, 1.165) is 5.56 Å². The standard InChI is InChI=1S/C9H7ClFN/c10-12-5-4-7-2-1-3-9(11)8(7)6-12/h1-5H,6H2. The van der Waals surface area contributed by atoms with Gasteiger partial charge in [-0.05, 0) is 17.7 Å². The average Bonchev–Trinajstić information content (AvgIpc) is 2.07. The summed E-state index contributed by atoms with van der Waals surface area (Å²) in [7, 11) is 0. The Morgan fingerprint density at radius 1 is 1.42 bits per heavy atom. The maximum absolute atomic E-state index is 13.1. The minimum Gasteiger partial charge on any atom is -0.288 e. The molecule has 1 aromatic carbocycles. The van der Waals surface area contributed by atoms with E-state index in [1.165, 1.54) is 10.5 Å². The molecule has 0 bridgehead atoms. The van der Waals surface area contributed by atoms with E-state index in [9.17, 15) is 4.39 Å². The molecule has 2 rings (SSSR count). The number of benzene rings is 1. The third-order valence-corrected chi connectivity index (χ3v) is 2.11. The van der Waals surface area contributed by atoms with Crippen molar-refractivity contribution in [3.05, 3.63) is 41.3 Å². The van der Waals surface area contributed by atoms with E-state index in [1.54, 1.807) is 18.3 Å². The van der Waals surface area contributed by atoms with Crippen LogP contribution in [0, 0.1) is 5.82 Å². The van der Waals surface area contributed by atoms with Gasteiger partial charge in [0, 0.05) is 23.5 Å². The summed E-state index contributed by atoms with van der Waals surface area (Å²) in [4.78, 5) is 0. The Labute approximate surface area is 75.2 Å². The minimum absolute atomic E-state index is 0.192. The molecule has 0 saturated carbocycles. The van der Waals surface area contributed by atoms with Crippen molar-refractivity contribution in [1.29, 1.82) is 0 Å². The second-order valence-electron chi connectivity index (χ2n) is 2.68. The van der Waals surface area contributed by atoms with Crippen LogP contribution in [0.15, 0.2) is 24.4 Å². The molecule has 62 valence electrons. The molecule has 3 heteroatoms. The number of hydrogen-bond donors (Lipinski definition) is 0. The van der Waals surface area contributed by atoms with Crippen molar-refractivity contribution in [3.63, 3.8) is 0 Å². The van der Waals surface area contributed by atoms with E-state index in [1.807, 2.05) is 6.07 Å². The van der Waals surface area contributed by atoms with Crippen molar-refractivity contribution >= 4 is 17.9 Å². The molecule has 12 heavy (non-hydrogen) atoms. The molecule has 0 atom stereocenters. The molecule has 0 saturated heterocycles. The summed E-state index contributed by atoms with van der Waals surface area (Å²) in [6.45, 7) is 0.431. The van der Waals surface area contributed by atoms with Crippen LogP contribution in [0.25, 0.3) is 6.08 Å². The van der Waals surface area contributed by atoms with E-state index in [0.29, 0.717) is 12.1 Å². The van der Waals surface area contributed by atoms with Crippen LogP contribution in [0.4, 0.5) is 4.39 Å². The van der Waals surface area contributed by atoms with Gasteiger partial charge in [-0.2, -0.15) is 0 Å². The molecule has 0 amide bonds. The third kappa shape index (κ3) is 1.18. The summed E-state index contributed by atoms with van der Waals surface area (Å²) in [6, 6.07) is 5.02. The molecular formula is C9H7ClFN. The second-order valence-corrected chi connectivity index (χ2v) is 3.12. The molecule has 0 radical (unpaired) electrons. The highest BCUT2D eigenvalue weighted by Gasteiger charge is 2.12. The first-order valence-corrected chi connectivity index (χ1v) is 3.99. The maximum atomic E-state index is 13.1. The van der Waals surface area contributed by atoms with E-state index in [2.05, 4.69) is 0 Å². The molecule has 1 heterocycles. The van der Waals surface area contributed by atoms with Crippen LogP contribution in [0.2, 0.25) is 0 Å². The van der Waals surface area contributed by atoms with Crippen molar-refractivity contribution in [2.24, 2.45) is 0 Å². The van der Waals surface area contributed by atoms with Gasteiger partial charge < -0.3 is 0 Å². The predicted molar refractivity (Wildman–Crippen MR) is 46.8 cm³/mol. The van der Waals surface area contributed by atoms with Gasteiger partial charge in [0.05, 0.1) is 6.54 Å². The van der Waals surface area contributed by atoms with Crippen LogP contribution in [0.5, 0.6) is 0 Å². The van der Waals surface area contributed by atoms with Crippen molar-refractivity contribution in [2.45, 2.75) is 6.54 Å². The van der Waals surface area contributed by atoms with Crippen molar-refractivity contribution in [3.8, 4) is 0 Å². The molecule has 1 aliphatic rings. The second kappa shape index (κ2) is 2.79. The summed E-state index contributed by atoms with van der Waals surface area (Å²) < 4.78 is 14.6. The molecule has 0 N–H and O–H groups in total. The number of nitrogens with zero attached hydrogens (tertiary/aromatic N) is 1. The van der Waals surface area contributed by atoms with E-state index < -0.39 is 0 Å². The zero-order valence-corrected chi connectivity index (χ0v) is 7.05. The molecule has 0 unspecified atom stereocenters. The normalized spacial score (nSPS) is 14.7. The Bertz CT molecular complexity index is 335. The number of hydrogen-bond acceptors (Lipinski definition) is 1. The monoisotopic (exact) mass is 183 g/mol. The molecule has 0 spiro atoms. The summed E-state index contributed by atoms with van der Waals surface area (Å²) in [5.74, 6) is -0.192. The van der Waals surface area contributed by atoms with Gasteiger partial charge in [-0.1, -0.05) is 12.1 Å². The smallest absolute Gasteiger partial charge is 0.128 e. The van der Waals surface area contributed by atoms with Crippen molar-refractivity contribution in [1.82, 2.24) is 4.42 Å². The summed E-state index contributed by atoms with van der Waals surface area (Å²) >= 11 is 5.70. The Balaban J connectivity index is 2.53. The van der Waals surface area contributed by atoms with E-state index in [4.69, 9.17) is 11.8 Å². The third-order valence-electron chi connectivity index (χ3n) is 1.88.